The lowest BCUT2D eigenvalue weighted by Gasteiger charge is -2.35. The smallest absolute Gasteiger partial charge is 0.171 e. The van der Waals surface area contributed by atoms with Gasteiger partial charge < -0.3 is 10.2 Å². The summed E-state index contributed by atoms with van der Waals surface area (Å²) in [4.78, 5) is 11.6. The van der Waals surface area contributed by atoms with Crippen LogP contribution in [0.2, 0.25) is 0 Å². The number of pyridine rings is 1. The van der Waals surface area contributed by atoms with Crippen LogP contribution in [0.4, 0.5) is 5.82 Å². The minimum Gasteiger partial charge on any atom is -0.375 e. The second kappa shape index (κ2) is 9.16. The number of allylic oxidation sites excluding steroid dienone is 1. The van der Waals surface area contributed by atoms with Crippen molar-refractivity contribution in [2.24, 2.45) is 5.92 Å². The lowest BCUT2D eigenvalue weighted by Crippen LogP contribution is -2.32. The number of likely N-dealkylation sites (tertiary alicyclic amines) is 1. The molecule has 1 saturated heterocycles. The second-order valence-corrected chi connectivity index (χ2v) is 9.29. The Bertz CT molecular complexity index is 1010. The molecule has 0 amide bonds. The van der Waals surface area contributed by atoms with Crippen molar-refractivity contribution < 1.29 is 0 Å². The van der Waals surface area contributed by atoms with E-state index in [1.54, 1.807) is 12.4 Å². The molecule has 1 aliphatic rings. The number of nitrogens with one attached hydrogen (secondary N) is 1. The van der Waals surface area contributed by atoms with E-state index in [1.165, 1.54) is 5.70 Å². The zero-order valence-corrected chi connectivity index (χ0v) is 19.3. The molecular formula is C23H29BrN6. The van der Waals surface area contributed by atoms with Crippen LogP contribution >= 0.6 is 15.9 Å². The van der Waals surface area contributed by atoms with E-state index < -0.39 is 0 Å². The molecule has 0 radical (unpaired) electrons. The van der Waals surface area contributed by atoms with Gasteiger partial charge in [-0.1, -0.05) is 26.5 Å². The van der Waals surface area contributed by atoms with Gasteiger partial charge in [-0.25, -0.2) is 4.98 Å². The summed E-state index contributed by atoms with van der Waals surface area (Å²) >= 11 is 3.60. The van der Waals surface area contributed by atoms with Gasteiger partial charge in [0.15, 0.2) is 5.65 Å². The molecule has 3 aromatic rings. The molecule has 0 spiro atoms. The Kier molecular flexibility index (Phi) is 6.37. The monoisotopic (exact) mass is 468 g/mol. The molecule has 0 aromatic carbocycles. The lowest BCUT2D eigenvalue weighted by molar-refractivity contribution is 0.249. The van der Waals surface area contributed by atoms with Crippen LogP contribution < -0.4 is 5.32 Å². The van der Waals surface area contributed by atoms with Gasteiger partial charge in [0, 0.05) is 55.4 Å². The molecule has 30 heavy (non-hydrogen) atoms. The Morgan fingerprint density at radius 2 is 2.10 bits per heavy atom. The minimum absolute atomic E-state index is 0.443. The van der Waals surface area contributed by atoms with E-state index in [2.05, 4.69) is 68.8 Å². The molecule has 7 heteroatoms. The molecule has 0 bridgehead atoms. The molecule has 1 fully saturated rings. The van der Waals surface area contributed by atoms with Gasteiger partial charge in [-0.3, -0.25) is 4.98 Å². The van der Waals surface area contributed by atoms with E-state index in [9.17, 15) is 0 Å². The molecule has 1 aliphatic heterocycles. The first-order valence-electron chi connectivity index (χ1n) is 10.6. The summed E-state index contributed by atoms with van der Waals surface area (Å²) in [5, 5.41) is 8.01. The molecule has 0 saturated carbocycles. The zero-order chi connectivity index (χ0) is 21.1. The Morgan fingerprint density at radius 3 is 2.80 bits per heavy atom. The molecule has 4 rings (SSSR count). The highest BCUT2D eigenvalue weighted by atomic mass is 79.9. The van der Waals surface area contributed by atoms with Crippen molar-refractivity contribution >= 4 is 27.4 Å². The number of hydrogen-bond donors (Lipinski definition) is 1. The first-order valence-corrected chi connectivity index (χ1v) is 11.4. The topological polar surface area (TPSA) is 58.4 Å². The van der Waals surface area contributed by atoms with Crippen molar-refractivity contribution in [1.29, 1.82) is 0 Å². The van der Waals surface area contributed by atoms with Crippen molar-refractivity contribution in [3.05, 3.63) is 64.8 Å². The minimum atomic E-state index is 0.443. The predicted molar refractivity (Wildman–Crippen MR) is 124 cm³/mol. The summed E-state index contributed by atoms with van der Waals surface area (Å²) in [7, 11) is 0. The van der Waals surface area contributed by atoms with Crippen LogP contribution in [0.1, 0.15) is 50.3 Å². The van der Waals surface area contributed by atoms with Crippen molar-refractivity contribution in [3.8, 4) is 0 Å². The Labute approximate surface area is 186 Å². The highest BCUT2D eigenvalue weighted by Crippen LogP contribution is 2.32. The summed E-state index contributed by atoms with van der Waals surface area (Å²) in [5.41, 5.74) is 4.38. The van der Waals surface area contributed by atoms with Gasteiger partial charge in [0.2, 0.25) is 0 Å². The maximum absolute atomic E-state index is 4.95. The van der Waals surface area contributed by atoms with Gasteiger partial charge in [0.05, 0.1) is 10.7 Å². The van der Waals surface area contributed by atoms with Gasteiger partial charge in [-0.2, -0.15) is 9.61 Å². The third-order valence-corrected chi connectivity index (χ3v) is 6.21. The molecule has 1 N–H and O–H groups in total. The van der Waals surface area contributed by atoms with Gasteiger partial charge in [0.25, 0.3) is 0 Å². The van der Waals surface area contributed by atoms with E-state index in [-0.39, 0.29) is 0 Å². The van der Waals surface area contributed by atoms with Crippen LogP contribution in [0.5, 0.6) is 0 Å². The highest BCUT2D eigenvalue weighted by Gasteiger charge is 2.24. The van der Waals surface area contributed by atoms with Crippen molar-refractivity contribution in [3.63, 3.8) is 0 Å². The summed E-state index contributed by atoms with van der Waals surface area (Å²) < 4.78 is 2.78. The van der Waals surface area contributed by atoms with E-state index in [1.807, 2.05) is 16.8 Å². The molecule has 0 aliphatic carbocycles. The standard InChI is InChI=1S/C23H29BrN6/c1-16(2)11-17(3)29-9-6-19(7-10-29)21-12-22(26-14-18-5-4-8-25-13-18)30-23(28-21)20(24)15-27-30/h4-5,8,12-13,15-16,19,26H,3,6-7,9-11,14H2,1-2H3. The van der Waals surface area contributed by atoms with Gasteiger partial charge in [-0.05, 0) is 52.7 Å². The van der Waals surface area contributed by atoms with E-state index in [4.69, 9.17) is 4.98 Å². The van der Waals surface area contributed by atoms with Crippen LogP contribution in [-0.4, -0.2) is 37.6 Å². The summed E-state index contributed by atoms with van der Waals surface area (Å²) in [6, 6.07) is 6.18. The Balaban J connectivity index is 1.52. The average Bonchev–Trinajstić information content (AvgIpc) is 3.13. The maximum Gasteiger partial charge on any atom is 0.171 e. The molecule has 6 nitrogen and oxygen atoms in total. The fourth-order valence-corrected chi connectivity index (χ4v) is 4.43. The highest BCUT2D eigenvalue weighted by molar-refractivity contribution is 9.10. The first-order chi connectivity index (χ1) is 14.5. The van der Waals surface area contributed by atoms with Gasteiger partial charge in [-0.15, -0.1) is 0 Å². The third-order valence-electron chi connectivity index (χ3n) is 5.65. The normalized spacial score (nSPS) is 15.1. The van der Waals surface area contributed by atoms with Crippen molar-refractivity contribution in [1.82, 2.24) is 24.5 Å². The summed E-state index contributed by atoms with van der Waals surface area (Å²) in [6.45, 7) is 11.6. The number of hydrogen-bond acceptors (Lipinski definition) is 5. The lowest BCUT2D eigenvalue weighted by atomic mass is 9.92. The van der Waals surface area contributed by atoms with Crippen molar-refractivity contribution in [2.45, 2.75) is 45.6 Å². The first kappa shape index (κ1) is 20.8. The summed E-state index contributed by atoms with van der Waals surface area (Å²) in [6.07, 6.45) is 8.73. The number of nitrogens with zero attached hydrogens (tertiary/aromatic N) is 5. The number of piperidine rings is 1. The fraction of sp³-hybridized carbons (Fsp3) is 0.435. The molecule has 158 valence electrons. The van der Waals surface area contributed by atoms with E-state index in [0.717, 1.165) is 59.5 Å². The maximum atomic E-state index is 4.95. The Morgan fingerprint density at radius 1 is 1.30 bits per heavy atom. The quantitative estimate of drug-likeness (QED) is 0.513. The molecule has 0 unspecified atom stereocenters. The predicted octanol–water partition coefficient (Wildman–Crippen LogP) is 5.24. The van der Waals surface area contributed by atoms with Crippen molar-refractivity contribution in [2.75, 3.05) is 18.4 Å². The van der Waals surface area contributed by atoms with Crippen LogP contribution in [0.3, 0.4) is 0 Å². The molecule has 3 aromatic heterocycles. The second-order valence-electron chi connectivity index (χ2n) is 8.43. The fourth-order valence-electron chi connectivity index (χ4n) is 4.08. The van der Waals surface area contributed by atoms with Gasteiger partial charge >= 0.3 is 0 Å². The zero-order valence-electron chi connectivity index (χ0n) is 17.7. The van der Waals surface area contributed by atoms with Crippen LogP contribution in [-0.2, 0) is 6.54 Å². The van der Waals surface area contributed by atoms with Crippen LogP contribution in [0.15, 0.2) is 53.5 Å². The number of halogens is 1. The van der Waals surface area contributed by atoms with Crippen LogP contribution in [0, 0.1) is 5.92 Å². The van der Waals surface area contributed by atoms with Crippen LogP contribution in [0.25, 0.3) is 5.65 Å². The van der Waals surface area contributed by atoms with Gasteiger partial charge in [0.1, 0.15) is 5.82 Å². The summed E-state index contributed by atoms with van der Waals surface area (Å²) in [5.74, 6) is 2.04. The van der Waals surface area contributed by atoms with E-state index >= 15 is 0 Å². The third kappa shape index (κ3) is 4.67. The number of aromatic nitrogens is 4. The van der Waals surface area contributed by atoms with E-state index in [0.29, 0.717) is 18.4 Å². The average molecular weight is 469 g/mol. The largest absolute Gasteiger partial charge is 0.375 e. The number of anilines is 1. The molecular weight excluding hydrogens is 440 g/mol. The Hall–Kier alpha value is -2.41. The SMILES string of the molecule is C=C(CC(C)C)N1CCC(c2cc(NCc3cccnc3)n3ncc(Br)c3n2)CC1. The number of fused-ring (bicyclic) bond motifs is 1. The molecule has 4 heterocycles. The number of rotatable bonds is 7. The molecule has 0 atom stereocenters.